The largest absolute Gasteiger partial charge is 0.348 e. The summed E-state index contributed by atoms with van der Waals surface area (Å²) >= 11 is 0. The van der Waals surface area contributed by atoms with Crippen LogP contribution in [0.25, 0.3) is 0 Å². The minimum absolute atomic E-state index is 0.0368. The van der Waals surface area contributed by atoms with Crippen molar-refractivity contribution in [3.8, 4) is 0 Å². The zero-order valence-electron chi connectivity index (χ0n) is 11.9. The number of hydrogen-bond acceptors (Lipinski definition) is 2. The van der Waals surface area contributed by atoms with Crippen LogP contribution in [0.2, 0.25) is 0 Å². The van der Waals surface area contributed by atoms with Gasteiger partial charge in [-0.1, -0.05) is 48.5 Å². The Bertz CT molecular complexity index is 597. The van der Waals surface area contributed by atoms with Crippen LogP contribution in [0.15, 0.2) is 60.7 Å². The fourth-order valence-electron chi connectivity index (χ4n) is 1.97. The predicted octanol–water partition coefficient (Wildman–Crippen LogP) is 2.29. The van der Waals surface area contributed by atoms with Crippen LogP contribution in [0.1, 0.15) is 28.9 Å². The lowest BCUT2D eigenvalue weighted by Gasteiger charge is -2.14. The molecule has 0 saturated heterocycles. The predicted molar refractivity (Wildman–Crippen MR) is 81.8 cm³/mol. The molecule has 2 N–H and O–H groups in total. The van der Waals surface area contributed by atoms with Gasteiger partial charge in [0.1, 0.15) is 0 Å². The van der Waals surface area contributed by atoms with Gasteiger partial charge in [-0.25, -0.2) is 0 Å². The summed E-state index contributed by atoms with van der Waals surface area (Å²) in [6.07, 6.45) is 0. The van der Waals surface area contributed by atoms with Crippen molar-refractivity contribution in [1.82, 2.24) is 10.6 Å². The van der Waals surface area contributed by atoms with Gasteiger partial charge in [0, 0.05) is 5.56 Å². The number of amides is 2. The zero-order valence-corrected chi connectivity index (χ0v) is 11.9. The molecule has 0 aliphatic rings. The van der Waals surface area contributed by atoms with Gasteiger partial charge in [-0.3, -0.25) is 9.59 Å². The average Bonchev–Trinajstić information content (AvgIpc) is 2.54. The Balaban J connectivity index is 1.81. The molecule has 0 bridgehead atoms. The van der Waals surface area contributed by atoms with Crippen molar-refractivity contribution in [2.45, 2.75) is 13.0 Å². The SMILES string of the molecule is C[C@H](NC(=O)CNC(=O)c1ccccc1)c1ccccc1. The molecule has 0 aliphatic carbocycles. The van der Waals surface area contributed by atoms with Crippen LogP contribution in [0.5, 0.6) is 0 Å². The van der Waals surface area contributed by atoms with E-state index in [9.17, 15) is 9.59 Å². The third-order valence-electron chi connectivity index (χ3n) is 3.12. The average molecular weight is 282 g/mol. The molecule has 2 rings (SSSR count). The molecule has 21 heavy (non-hydrogen) atoms. The monoisotopic (exact) mass is 282 g/mol. The summed E-state index contributed by atoms with van der Waals surface area (Å²) in [4.78, 5) is 23.7. The summed E-state index contributed by atoms with van der Waals surface area (Å²) < 4.78 is 0. The van der Waals surface area contributed by atoms with E-state index < -0.39 is 0 Å². The lowest BCUT2D eigenvalue weighted by molar-refractivity contribution is -0.120. The fraction of sp³-hybridized carbons (Fsp3) is 0.176. The van der Waals surface area contributed by atoms with Crippen molar-refractivity contribution in [1.29, 1.82) is 0 Å². The van der Waals surface area contributed by atoms with Crippen LogP contribution >= 0.6 is 0 Å². The summed E-state index contributed by atoms with van der Waals surface area (Å²) in [6, 6.07) is 18.4. The first-order valence-corrected chi connectivity index (χ1v) is 6.84. The molecule has 0 heterocycles. The second-order valence-electron chi connectivity index (χ2n) is 4.75. The molecular weight excluding hydrogens is 264 g/mol. The molecule has 0 fully saturated rings. The van der Waals surface area contributed by atoms with Crippen molar-refractivity contribution in [2.24, 2.45) is 0 Å². The van der Waals surface area contributed by atoms with Crippen molar-refractivity contribution in [3.63, 3.8) is 0 Å². The molecule has 4 heteroatoms. The van der Waals surface area contributed by atoms with Crippen LogP contribution in [-0.2, 0) is 4.79 Å². The van der Waals surface area contributed by atoms with Gasteiger partial charge < -0.3 is 10.6 Å². The number of hydrogen-bond donors (Lipinski definition) is 2. The van der Waals surface area contributed by atoms with E-state index in [-0.39, 0.29) is 24.4 Å². The van der Waals surface area contributed by atoms with E-state index >= 15 is 0 Å². The second-order valence-corrected chi connectivity index (χ2v) is 4.75. The molecule has 0 spiro atoms. The number of carbonyl (C=O) groups excluding carboxylic acids is 2. The van der Waals surface area contributed by atoms with Gasteiger partial charge in [0.15, 0.2) is 0 Å². The maximum absolute atomic E-state index is 11.8. The Kier molecular flexibility index (Phi) is 5.10. The van der Waals surface area contributed by atoms with Gasteiger partial charge >= 0.3 is 0 Å². The molecule has 0 saturated carbocycles. The van der Waals surface area contributed by atoms with E-state index in [1.807, 2.05) is 43.3 Å². The fourth-order valence-corrected chi connectivity index (χ4v) is 1.97. The Morgan fingerprint density at radius 3 is 2.14 bits per heavy atom. The second kappa shape index (κ2) is 7.24. The van der Waals surface area contributed by atoms with E-state index in [0.717, 1.165) is 5.56 Å². The highest BCUT2D eigenvalue weighted by atomic mass is 16.2. The van der Waals surface area contributed by atoms with Gasteiger partial charge in [0.25, 0.3) is 5.91 Å². The van der Waals surface area contributed by atoms with Crippen LogP contribution in [-0.4, -0.2) is 18.4 Å². The summed E-state index contributed by atoms with van der Waals surface area (Å²) in [5.74, 6) is -0.464. The molecule has 108 valence electrons. The number of nitrogens with one attached hydrogen (secondary N) is 2. The maximum Gasteiger partial charge on any atom is 0.251 e. The zero-order chi connectivity index (χ0) is 15.1. The molecule has 2 amide bonds. The Hall–Kier alpha value is -2.62. The highest BCUT2D eigenvalue weighted by Gasteiger charge is 2.11. The minimum atomic E-state index is -0.252. The first-order chi connectivity index (χ1) is 10.2. The van der Waals surface area contributed by atoms with E-state index in [1.54, 1.807) is 24.3 Å². The molecule has 4 nitrogen and oxygen atoms in total. The van der Waals surface area contributed by atoms with E-state index in [4.69, 9.17) is 0 Å². The van der Waals surface area contributed by atoms with Crippen molar-refractivity contribution < 1.29 is 9.59 Å². The molecule has 2 aromatic carbocycles. The Morgan fingerprint density at radius 1 is 0.952 bits per heavy atom. The first-order valence-electron chi connectivity index (χ1n) is 6.84. The van der Waals surface area contributed by atoms with Crippen molar-refractivity contribution in [2.75, 3.05) is 6.54 Å². The summed E-state index contributed by atoms with van der Waals surface area (Å²) in [7, 11) is 0. The quantitative estimate of drug-likeness (QED) is 0.884. The third kappa shape index (κ3) is 4.45. The highest BCUT2D eigenvalue weighted by molar-refractivity contribution is 5.96. The highest BCUT2D eigenvalue weighted by Crippen LogP contribution is 2.10. The summed E-state index contributed by atoms with van der Waals surface area (Å²) in [5, 5.41) is 5.45. The summed E-state index contributed by atoms with van der Waals surface area (Å²) in [6.45, 7) is 1.87. The van der Waals surface area contributed by atoms with Crippen molar-refractivity contribution in [3.05, 3.63) is 71.8 Å². The molecule has 0 radical (unpaired) electrons. The van der Waals surface area contributed by atoms with Gasteiger partial charge in [-0.05, 0) is 24.6 Å². The van der Waals surface area contributed by atoms with Crippen molar-refractivity contribution >= 4 is 11.8 Å². The first kappa shape index (κ1) is 14.8. The van der Waals surface area contributed by atoms with Crippen LogP contribution in [0, 0.1) is 0 Å². The van der Waals surface area contributed by atoms with Gasteiger partial charge in [-0.15, -0.1) is 0 Å². The van der Waals surface area contributed by atoms with E-state index in [1.165, 1.54) is 0 Å². The van der Waals surface area contributed by atoms with Crippen LogP contribution in [0.3, 0.4) is 0 Å². The standard InChI is InChI=1S/C17H18N2O2/c1-13(14-8-4-2-5-9-14)19-16(20)12-18-17(21)15-10-6-3-7-11-15/h2-11,13H,12H2,1H3,(H,18,21)(H,19,20)/t13-/m0/s1. The van der Waals surface area contributed by atoms with Gasteiger partial charge in [-0.2, -0.15) is 0 Å². The van der Waals surface area contributed by atoms with Gasteiger partial charge in [0.05, 0.1) is 12.6 Å². The molecule has 1 atom stereocenters. The molecule has 0 unspecified atom stereocenters. The number of benzene rings is 2. The lowest BCUT2D eigenvalue weighted by Crippen LogP contribution is -2.38. The third-order valence-corrected chi connectivity index (χ3v) is 3.12. The van der Waals surface area contributed by atoms with E-state index in [0.29, 0.717) is 5.56 Å². The Labute approximate surface area is 124 Å². The normalized spacial score (nSPS) is 11.5. The van der Waals surface area contributed by atoms with Gasteiger partial charge in [0.2, 0.25) is 5.91 Å². The molecule has 2 aromatic rings. The smallest absolute Gasteiger partial charge is 0.251 e. The number of carbonyl (C=O) groups is 2. The van der Waals surface area contributed by atoms with E-state index in [2.05, 4.69) is 10.6 Å². The number of rotatable bonds is 5. The Morgan fingerprint density at radius 2 is 1.52 bits per heavy atom. The minimum Gasteiger partial charge on any atom is -0.348 e. The topological polar surface area (TPSA) is 58.2 Å². The van der Waals surface area contributed by atoms with Crippen LogP contribution < -0.4 is 10.6 Å². The molecule has 0 aliphatic heterocycles. The lowest BCUT2D eigenvalue weighted by atomic mass is 10.1. The molecular formula is C17H18N2O2. The van der Waals surface area contributed by atoms with Crippen LogP contribution in [0.4, 0.5) is 0 Å². The summed E-state index contributed by atoms with van der Waals surface area (Å²) in [5.41, 5.74) is 1.57. The molecule has 0 aromatic heterocycles. The maximum atomic E-state index is 11.8.